The van der Waals surface area contributed by atoms with Crippen LogP contribution < -0.4 is 15.5 Å². The first-order chi connectivity index (χ1) is 15.3. The molecule has 1 aliphatic rings. The first-order valence-electron chi connectivity index (χ1n) is 10.4. The summed E-state index contributed by atoms with van der Waals surface area (Å²) in [7, 11) is 0. The number of thiocarbonyl (C=S) groups is 1. The van der Waals surface area contributed by atoms with Crippen LogP contribution >= 0.6 is 12.2 Å². The summed E-state index contributed by atoms with van der Waals surface area (Å²) < 4.78 is 1.92. The van der Waals surface area contributed by atoms with Crippen LogP contribution in [0.15, 0.2) is 67.1 Å². The van der Waals surface area contributed by atoms with E-state index in [4.69, 9.17) is 22.3 Å². The molecule has 1 aliphatic heterocycles. The van der Waals surface area contributed by atoms with Crippen LogP contribution in [-0.2, 0) is 0 Å². The van der Waals surface area contributed by atoms with E-state index in [1.807, 2.05) is 53.2 Å². The molecular formula is C23H23N7S. The third-order valence-corrected chi connectivity index (χ3v) is 5.55. The molecule has 1 aromatic carbocycles. The molecule has 0 saturated carbocycles. The molecule has 1 saturated heterocycles. The van der Waals surface area contributed by atoms with Crippen molar-refractivity contribution in [2.24, 2.45) is 0 Å². The smallest absolute Gasteiger partial charge is 0.182 e. The molecule has 31 heavy (non-hydrogen) atoms. The second-order valence-electron chi connectivity index (χ2n) is 7.54. The van der Waals surface area contributed by atoms with Gasteiger partial charge in [-0.25, -0.2) is 9.50 Å². The Hall–Kier alpha value is -3.52. The van der Waals surface area contributed by atoms with Gasteiger partial charge in [-0.15, -0.1) is 5.10 Å². The molecule has 1 fully saturated rings. The zero-order chi connectivity index (χ0) is 21.0. The van der Waals surface area contributed by atoms with Crippen molar-refractivity contribution in [2.45, 2.75) is 19.3 Å². The number of anilines is 3. The van der Waals surface area contributed by atoms with Crippen molar-refractivity contribution in [3.05, 3.63) is 67.1 Å². The molecule has 0 aliphatic carbocycles. The number of piperidine rings is 1. The molecule has 0 amide bonds. The number of benzene rings is 1. The van der Waals surface area contributed by atoms with E-state index in [-0.39, 0.29) is 0 Å². The third-order valence-electron chi connectivity index (χ3n) is 5.35. The topological polar surface area (TPSA) is 70.4 Å². The molecule has 0 bridgehead atoms. The van der Waals surface area contributed by atoms with Crippen LogP contribution in [0.25, 0.3) is 16.9 Å². The van der Waals surface area contributed by atoms with Crippen molar-refractivity contribution in [3.63, 3.8) is 0 Å². The summed E-state index contributed by atoms with van der Waals surface area (Å²) in [6.07, 6.45) is 9.14. The van der Waals surface area contributed by atoms with E-state index in [1.54, 1.807) is 12.4 Å². The summed E-state index contributed by atoms with van der Waals surface area (Å²) in [4.78, 5) is 11.4. The zero-order valence-corrected chi connectivity index (χ0v) is 17.8. The van der Waals surface area contributed by atoms with Crippen molar-refractivity contribution in [2.75, 3.05) is 28.6 Å². The van der Waals surface area contributed by atoms with E-state index in [0.29, 0.717) is 10.9 Å². The van der Waals surface area contributed by atoms with Crippen LogP contribution in [0.4, 0.5) is 17.2 Å². The summed E-state index contributed by atoms with van der Waals surface area (Å²) in [6, 6.07) is 15.9. The molecule has 0 radical (unpaired) electrons. The molecule has 3 aromatic heterocycles. The minimum absolute atomic E-state index is 0.512. The Kier molecular flexibility index (Phi) is 5.45. The van der Waals surface area contributed by atoms with Gasteiger partial charge >= 0.3 is 0 Å². The molecule has 4 aromatic rings. The predicted molar refractivity (Wildman–Crippen MR) is 129 cm³/mol. The van der Waals surface area contributed by atoms with Crippen molar-refractivity contribution in [1.82, 2.24) is 19.6 Å². The first-order valence-corrected chi connectivity index (χ1v) is 10.9. The number of nitrogens with one attached hydrogen (secondary N) is 2. The lowest BCUT2D eigenvalue weighted by Gasteiger charge is -2.28. The number of rotatable bonds is 4. The zero-order valence-electron chi connectivity index (χ0n) is 17.0. The minimum Gasteiger partial charge on any atom is -0.355 e. The summed E-state index contributed by atoms with van der Waals surface area (Å²) >= 11 is 5.39. The Balaban J connectivity index is 1.36. The van der Waals surface area contributed by atoms with Gasteiger partial charge in [-0.3, -0.25) is 4.98 Å². The predicted octanol–water partition coefficient (Wildman–Crippen LogP) is 4.59. The highest BCUT2D eigenvalue weighted by Gasteiger charge is 2.18. The van der Waals surface area contributed by atoms with Gasteiger partial charge < -0.3 is 15.5 Å². The number of nitrogens with zero attached hydrogens (tertiary/aromatic N) is 5. The quantitative estimate of drug-likeness (QED) is 0.460. The minimum atomic E-state index is 0.512. The Morgan fingerprint density at radius 2 is 1.71 bits per heavy atom. The maximum absolute atomic E-state index is 5.39. The molecule has 0 spiro atoms. The number of fused-ring (bicyclic) bond motifs is 1. The Labute approximate surface area is 186 Å². The van der Waals surface area contributed by atoms with Gasteiger partial charge in [-0.1, -0.05) is 0 Å². The van der Waals surface area contributed by atoms with Crippen molar-refractivity contribution in [3.8, 4) is 11.4 Å². The van der Waals surface area contributed by atoms with Crippen molar-refractivity contribution < 1.29 is 0 Å². The van der Waals surface area contributed by atoms with Gasteiger partial charge in [0.1, 0.15) is 5.52 Å². The largest absolute Gasteiger partial charge is 0.355 e. The summed E-state index contributed by atoms with van der Waals surface area (Å²) in [5.74, 6) is 1.73. The summed E-state index contributed by atoms with van der Waals surface area (Å²) in [5, 5.41) is 11.6. The highest BCUT2D eigenvalue weighted by atomic mass is 32.1. The summed E-state index contributed by atoms with van der Waals surface area (Å²) in [6.45, 7) is 2.09. The average molecular weight is 430 g/mol. The molecule has 7 nitrogen and oxygen atoms in total. The Morgan fingerprint density at radius 1 is 0.903 bits per heavy atom. The van der Waals surface area contributed by atoms with E-state index in [2.05, 4.69) is 26.6 Å². The molecule has 0 unspecified atom stereocenters. The maximum atomic E-state index is 5.39. The monoisotopic (exact) mass is 429 g/mol. The molecule has 156 valence electrons. The van der Waals surface area contributed by atoms with Crippen LogP contribution in [0.2, 0.25) is 0 Å². The number of hydrogen-bond donors (Lipinski definition) is 2. The molecule has 5 rings (SSSR count). The van der Waals surface area contributed by atoms with Gasteiger partial charge in [0.2, 0.25) is 0 Å². The van der Waals surface area contributed by atoms with Gasteiger partial charge in [0, 0.05) is 36.7 Å². The fourth-order valence-electron chi connectivity index (χ4n) is 3.81. The molecule has 8 heteroatoms. The van der Waals surface area contributed by atoms with Crippen molar-refractivity contribution >= 4 is 40.0 Å². The Bertz CT molecular complexity index is 1180. The fourth-order valence-corrected chi connectivity index (χ4v) is 4.05. The number of pyridine rings is 1. The normalized spacial score (nSPS) is 13.9. The van der Waals surface area contributed by atoms with Gasteiger partial charge in [-0.05, 0) is 80.0 Å². The standard InChI is InChI=1S/C23H23N7S/c31-23(26-19-6-4-12-24-16-19)25-18-10-8-17(9-11-18)21-27-22(29-13-2-1-3-14-29)20-7-5-15-30(20)28-21/h4-12,15-16H,1-3,13-14H2,(H2,25,26,31). The second-order valence-corrected chi connectivity index (χ2v) is 7.95. The Morgan fingerprint density at radius 3 is 2.48 bits per heavy atom. The van der Waals surface area contributed by atoms with E-state index < -0.39 is 0 Å². The van der Waals surface area contributed by atoms with Gasteiger partial charge in [0.05, 0.1) is 11.9 Å². The molecule has 2 N–H and O–H groups in total. The first kappa shape index (κ1) is 19.4. The van der Waals surface area contributed by atoms with Gasteiger partial charge in [-0.2, -0.15) is 0 Å². The highest BCUT2D eigenvalue weighted by Crippen LogP contribution is 2.26. The van der Waals surface area contributed by atoms with Crippen LogP contribution in [-0.4, -0.2) is 37.8 Å². The van der Waals surface area contributed by atoms with Crippen LogP contribution in [0.1, 0.15) is 19.3 Å². The van der Waals surface area contributed by atoms with Gasteiger partial charge in [0.15, 0.2) is 16.8 Å². The summed E-state index contributed by atoms with van der Waals surface area (Å²) in [5.41, 5.74) is 3.75. The second kappa shape index (κ2) is 8.69. The van der Waals surface area contributed by atoms with Crippen LogP contribution in [0.5, 0.6) is 0 Å². The van der Waals surface area contributed by atoms with Crippen LogP contribution in [0.3, 0.4) is 0 Å². The third kappa shape index (κ3) is 4.34. The number of aromatic nitrogens is 4. The lowest BCUT2D eigenvalue weighted by Crippen LogP contribution is -2.30. The molecular weight excluding hydrogens is 406 g/mol. The van der Waals surface area contributed by atoms with E-state index in [9.17, 15) is 0 Å². The lowest BCUT2D eigenvalue weighted by molar-refractivity contribution is 0.573. The van der Waals surface area contributed by atoms with E-state index >= 15 is 0 Å². The number of hydrogen-bond acceptors (Lipinski definition) is 5. The molecule has 4 heterocycles. The van der Waals surface area contributed by atoms with Crippen LogP contribution in [0, 0.1) is 0 Å². The van der Waals surface area contributed by atoms with E-state index in [1.165, 1.54) is 19.3 Å². The molecule has 0 atom stereocenters. The lowest BCUT2D eigenvalue weighted by atomic mass is 10.1. The van der Waals surface area contributed by atoms with Crippen molar-refractivity contribution in [1.29, 1.82) is 0 Å². The SMILES string of the molecule is S=C(Nc1ccc(-c2nc(N3CCCCC3)c3cccn3n2)cc1)Nc1cccnc1. The average Bonchev–Trinajstić information content (AvgIpc) is 3.29. The maximum Gasteiger partial charge on any atom is 0.182 e. The fraction of sp³-hybridized carbons (Fsp3) is 0.217. The van der Waals surface area contributed by atoms with E-state index in [0.717, 1.165) is 41.4 Å². The highest BCUT2D eigenvalue weighted by molar-refractivity contribution is 7.80. The van der Waals surface area contributed by atoms with Gasteiger partial charge in [0.25, 0.3) is 0 Å².